The van der Waals surface area contributed by atoms with Crippen LogP contribution in [0.3, 0.4) is 0 Å². The minimum atomic E-state index is -0.165. The first-order valence-corrected chi connectivity index (χ1v) is 13.8. The first-order chi connectivity index (χ1) is 14.9. The molecule has 1 saturated heterocycles. The third kappa shape index (κ3) is 3.03. The minimum absolute atomic E-state index is 0.165. The average Bonchev–Trinajstić information content (AvgIpc) is 3.26. The molecule has 4 fully saturated rings. The molecule has 0 unspecified atom stereocenters. The lowest BCUT2D eigenvalue weighted by atomic mass is 9.41. The van der Waals surface area contributed by atoms with Gasteiger partial charge in [-0.05, 0) is 97.2 Å². The lowest BCUT2D eigenvalue weighted by molar-refractivity contribution is -0.146. The molecule has 2 nitrogen and oxygen atoms in total. The van der Waals surface area contributed by atoms with E-state index in [1.54, 1.807) is 5.57 Å². The Labute approximate surface area is 197 Å². The number of allylic oxidation sites excluding steroid dienone is 2. The van der Waals surface area contributed by atoms with E-state index >= 15 is 0 Å². The molecule has 8 atom stereocenters. The molecule has 0 aromatic rings. The Bertz CT molecular complexity index is 808. The molecule has 0 bridgehead atoms. The van der Waals surface area contributed by atoms with Crippen LogP contribution in [0.15, 0.2) is 11.6 Å². The van der Waals surface area contributed by atoms with Gasteiger partial charge in [0.1, 0.15) is 5.78 Å². The fraction of sp³-hybridized carbons (Fsp3) is 0.900. The van der Waals surface area contributed by atoms with E-state index in [1.807, 2.05) is 0 Å². The first kappa shape index (κ1) is 23.1. The quantitative estimate of drug-likeness (QED) is 0.422. The number of rotatable bonds is 3. The van der Waals surface area contributed by atoms with Gasteiger partial charge >= 0.3 is 0 Å². The molecule has 3 saturated carbocycles. The summed E-state index contributed by atoms with van der Waals surface area (Å²) in [6, 6.07) is 0. The van der Waals surface area contributed by atoms with E-state index < -0.39 is 0 Å². The van der Waals surface area contributed by atoms with Crippen LogP contribution in [-0.2, 0) is 9.53 Å². The molecule has 32 heavy (non-hydrogen) atoms. The van der Waals surface area contributed by atoms with E-state index in [9.17, 15) is 4.79 Å². The highest BCUT2D eigenvalue weighted by Crippen LogP contribution is 2.73. The van der Waals surface area contributed by atoms with Crippen LogP contribution in [0.4, 0.5) is 0 Å². The molecule has 0 amide bonds. The maximum atomic E-state index is 12.8. The van der Waals surface area contributed by atoms with E-state index in [1.165, 1.54) is 38.5 Å². The summed E-state index contributed by atoms with van der Waals surface area (Å²) >= 11 is 0. The SMILES string of the molecule is CC(C)C[C@@H]1C[C@@H]([C@@H]2CC[C@]3(C)C4=CC[C@H]5C(C)(C)C(=O)CC[C@]5(C)[C@H]4CC[C@@]23C)CO1. The number of hydrogen-bond donors (Lipinski definition) is 0. The summed E-state index contributed by atoms with van der Waals surface area (Å²) in [5.74, 6) is 3.98. The van der Waals surface area contributed by atoms with Crippen LogP contribution in [0, 0.1) is 51.2 Å². The predicted octanol–water partition coefficient (Wildman–Crippen LogP) is 7.61. The maximum absolute atomic E-state index is 12.8. The number of hydrogen-bond acceptors (Lipinski definition) is 2. The summed E-state index contributed by atoms with van der Waals surface area (Å²) in [7, 11) is 0. The highest BCUT2D eigenvalue weighted by molar-refractivity contribution is 5.85. The van der Waals surface area contributed by atoms with E-state index in [4.69, 9.17) is 4.74 Å². The Hall–Kier alpha value is -0.630. The monoisotopic (exact) mass is 440 g/mol. The van der Waals surface area contributed by atoms with Crippen LogP contribution in [0.2, 0.25) is 0 Å². The van der Waals surface area contributed by atoms with E-state index in [2.05, 4.69) is 54.5 Å². The molecule has 1 aliphatic heterocycles. The van der Waals surface area contributed by atoms with Crippen molar-refractivity contribution in [2.24, 2.45) is 51.2 Å². The smallest absolute Gasteiger partial charge is 0.138 e. The Morgan fingerprint density at radius 3 is 2.53 bits per heavy atom. The van der Waals surface area contributed by atoms with Crippen molar-refractivity contribution in [1.29, 1.82) is 0 Å². The summed E-state index contributed by atoms with van der Waals surface area (Å²) in [5.41, 5.74) is 2.66. The highest BCUT2D eigenvalue weighted by Gasteiger charge is 2.65. The molecule has 0 radical (unpaired) electrons. The van der Waals surface area contributed by atoms with E-state index in [-0.39, 0.29) is 5.41 Å². The Morgan fingerprint density at radius 1 is 1.06 bits per heavy atom. The van der Waals surface area contributed by atoms with E-state index in [0.29, 0.717) is 40.0 Å². The van der Waals surface area contributed by atoms with Gasteiger partial charge in [-0.1, -0.05) is 60.1 Å². The van der Waals surface area contributed by atoms with Crippen LogP contribution >= 0.6 is 0 Å². The van der Waals surface area contributed by atoms with Gasteiger partial charge in [0.05, 0.1) is 12.7 Å². The molecular formula is C30H48O2. The third-order valence-electron chi connectivity index (χ3n) is 12.1. The van der Waals surface area contributed by atoms with Crippen molar-refractivity contribution in [3.63, 3.8) is 0 Å². The molecule has 180 valence electrons. The fourth-order valence-electron chi connectivity index (χ4n) is 10.0. The van der Waals surface area contributed by atoms with E-state index in [0.717, 1.165) is 43.6 Å². The zero-order chi connectivity index (χ0) is 23.1. The van der Waals surface area contributed by atoms with Gasteiger partial charge in [0.25, 0.3) is 0 Å². The number of ketones is 1. The molecule has 0 aromatic carbocycles. The zero-order valence-electron chi connectivity index (χ0n) is 21.9. The van der Waals surface area contributed by atoms with Crippen LogP contribution in [0.5, 0.6) is 0 Å². The van der Waals surface area contributed by atoms with Gasteiger partial charge in [-0.25, -0.2) is 0 Å². The summed E-state index contributed by atoms with van der Waals surface area (Å²) in [6.45, 7) is 18.0. The van der Waals surface area contributed by atoms with Crippen molar-refractivity contribution in [3.05, 3.63) is 11.6 Å². The summed E-state index contributed by atoms with van der Waals surface area (Å²) in [5, 5.41) is 0. The van der Waals surface area contributed by atoms with Gasteiger partial charge in [0.2, 0.25) is 0 Å². The van der Waals surface area contributed by atoms with Crippen LogP contribution in [0.1, 0.15) is 106 Å². The molecule has 0 N–H and O–H groups in total. The van der Waals surface area contributed by atoms with Gasteiger partial charge in [0, 0.05) is 11.8 Å². The Kier molecular flexibility index (Phi) is 5.37. The molecule has 4 aliphatic carbocycles. The highest BCUT2D eigenvalue weighted by atomic mass is 16.5. The third-order valence-corrected chi connectivity index (χ3v) is 12.1. The van der Waals surface area contributed by atoms with Crippen molar-refractivity contribution in [2.75, 3.05) is 6.61 Å². The van der Waals surface area contributed by atoms with Gasteiger partial charge in [-0.2, -0.15) is 0 Å². The topological polar surface area (TPSA) is 26.3 Å². The van der Waals surface area contributed by atoms with Gasteiger partial charge in [0.15, 0.2) is 0 Å². The molecule has 1 heterocycles. The summed E-state index contributed by atoms with van der Waals surface area (Å²) in [6.07, 6.45) is 14.1. The summed E-state index contributed by atoms with van der Waals surface area (Å²) < 4.78 is 6.33. The molecule has 0 spiro atoms. The number of ether oxygens (including phenoxy) is 1. The second-order valence-electron chi connectivity index (χ2n) is 14.2. The van der Waals surface area contributed by atoms with Gasteiger partial charge in [-0.15, -0.1) is 0 Å². The largest absolute Gasteiger partial charge is 0.378 e. The maximum Gasteiger partial charge on any atom is 0.138 e. The normalized spacial score (nSPS) is 50.1. The standard InChI is InChI=1S/C30H48O2/c1-19(2)16-21-17-20(18-32-21)22-10-14-30(7)24-8-9-25-27(3,4)26(31)12-13-28(25,5)23(24)11-15-29(22,30)6/h8,19-23,25H,9-18H2,1-7H3/t20-,21-,22+,23+,25+,28-,29+,30-/m1/s1. The van der Waals surface area contributed by atoms with Crippen molar-refractivity contribution in [1.82, 2.24) is 0 Å². The van der Waals surface area contributed by atoms with Gasteiger partial charge < -0.3 is 4.74 Å². The second kappa shape index (κ2) is 7.43. The van der Waals surface area contributed by atoms with Crippen molar-refractivity contribution in [3.8, 4) is 0 Å². The first-order valence-electron chi connectivity index (χ1n) is 13.8. The molecule has 0 aromatic heterocycles. The number of carbonyl (C=O) groups is 1. The number of Topliss-reactive ketones (excluding diaryl/α,β-unsaturated/α-hetero) is 1. The molecule has 2 heteroatoms. The van der Waals surface area contributed by atoms with Crippen molar-refractivity contribution in [2.45, 2.75) is 112 Å². The molecule has 5 rings (SSSR count). The average molecular weight is 441 g/mol. The Morgan fingerprint density at radius 2 is 1.81 bits per heavy atom. The van der Waals surface area contributed by atoms with Crippen molar-refractivity contribution >= 4 is 5.78 Å². The second-order valence-corrected chi connectivity index (χ2v) is 14.2. The minimum Gasteiger partial charge on any atom is -0.378 e. The van der Waals surface area contributed by atoms with Crippen molar-refractivity contribution < 1.29 is 9.53 Å². The molecular weight excluding hydrogens is 392 g/mol. The zero-order valence-corrected chi connectivity index (χ0v) is 21.9. The fourth-order valence-corrected chi connectivity index (χ4v) is 10.0. The van der Waals surface area contributed by atoms with Crippen LogP contribution < -0.4 is 0 Å². The lowest BCUT2D eigenvalue weighted by Crippen LogP contribution is -2.57. The lowest BCUT2D eigenvalue weighted by Gasteiger charge is -2.63. The van der Waals surface area contributed by atoms with Crippen LogP contribution in [-0.4, -0.2) is 18.5 Å². The summed E-state index contributed by atoms with van der Waals surface area (Å²) in [4.78, 5) is 12.8. The van der Waals surface area contributed by atoms with Gasteiger partial charge in [-0.3, -0.25) is 4.79 Å². The number of fused-ring (bicyclic) bond motifs is 5. The predicted molar refractivity (Wildman–Crippen MR) is 131 cm³/mol. The van der Waals surface area contributed by atoms with Crippen LogP contribution in [0.25, 0.3) is 0 Å². The number of carbonyl (C=O) groups excluding carboxylic acids is 1. The molecule has 5 aliphatic rings. The Balaban J connectivity index is 1.43.